The number of carbonyl (C=O) groups excluding carboxylic acids is 3. The maximum atomic E-state index is 11.7. The molecule has 1 rings (SSSR count). The van der Waals surface area contributed by atoms with Crippen molar-refractivity contribution in [3.63, 3.8) is 0 Å². The summed E-state index contributed by atoms with van der Waals surface area (Å²) in [7, 11) is 0. The first kappa shape index (κ1) is 17.7. The van der Waals surface area contributed by atoms with Crippen LogP contribution in [0.5, 0.6) is 0 Å². The predicted molar refractivity (Wildman–Crippen MR) is 81.5 cm³/mol. The fraction of sp³-hybridized carbons (Fsp3) is 0.438. The Balaban J connectivity index is 2.48. The van der Waals surface area contributed by atoms with Gasteiger partial charge in [0.05, 0.1) is 24.7 Å². The molecule has 0 aromatic heterocycles. The molecule has 0 aliphatic carbocycles. The Bertz CT molecular complexity index is 522. The summed E-state index contributed by atoms with van der Waals surface area (Å²) < 4.78 is 9.81. The monoisotopic (exact) mass is 307 g/mol. The first-order chi connectivity index (χ1) is 10.4. The minimum atomic E-state index is -0.407. The van der Waals surface area contributed by atoms with Gasteiger partial charge in [-0.15, -0.1) is 0 Å². The molecule has 0 heterocycles. The molecule has 0 aliphatic rings. The fourth-order valence-corrected chi connectivity index (χ4v) is 1.64. The largest absolute Gasteiger partial charge is 0.466 e. The first-order valence-corrected chi connectivity index (χ1v) is 7.19. The van der Waals surface area contributed by atoms with E-state index in [0.717, 1.165) is 0 Å². The van der Waals surface area contributed by atoms with Gasteiger partial charge in [-0.25, -0.2) is 4.79 Å². The Morgan fingerprint density at radius 3 is 2.27 bits per heavy atom. The third-order valence-electron chi connectivity index (χ3n) is 2.61. The normalized spacial score (nSPS) is 10.2. The highest BCUT2D eigenvalue weighted by molar-refractivity contribution is 5.94. The number of nitrogens with one attached hydrogen (secondary N) is 1. The van der Waals surface area contributed by atoms with E-state index >= 15 is 0 Å². The maximum absolute atomic E-state index is 11.7. The molecule has 1 N–H and O–H groups in total. The van der Waals surface area contributed by atoms with Gasteiger partial charge in [0.2, 0.25) is 5.91 Å². The lowest BCUT2D eigenvalue weighted by Crippen LogP contribution is -2.15. The van der Waals surface area contributed by atoms with E-state index in [1.807, 2.05) is 0 Å². The van der Waals surface area contributed by atoms with Crippen LogP contribution in [0.25, 0.3) is 0 Å². The summed E-state index contributed by atoms with van der Waals surface area (Å²) in [6, 6.07) is 6.37. The lowest BCUT2D eigenvalue weighted by molar-refractivity contribution is -0.144. The molecule has 1 aromatic rings. The van der Waals surface area contributed by atoms with Crippen molar-refractivity contribution in [2.24, 2.45) is 0 Å². The molecule has 6 nitrogen and oxygen atoms in total. The minimum Gasteiger partial charge on any atom is -0.466 e. The van der Waals surface area contributed by atoms with Crippen molar-refractivity contribution in [2.45, 2.75) is 39.7 Å². The molecule has 0 unspecified atom stereocenters. The molecule has 0 spiro atoms. The van der Waals surface area contributed by atoms with Crippen molar-refractivity contribution in [2.75, 3.05) is 11.9 Å². The standard InChI is InChI=1S/C16H21NO5/c1-4-21-15(19)10-9-14(18)17-13-7-5-12(6-8-13)16(20)22-11(2)3/h5-8,11H,4,9-10H2,1-3H3,(H,17,18). The van der Waals surface area contributed by atoms with E-state index in [9.17, 15) is 14.4 Å². The summed E-state index contributed by atoms with van der Waals surface area (Å²) in [5, 5.41) is 2.65. The Morgan fingerprint density at radius 2 is 1.73 bits per heavy atom. The van der Waals surface area contributed by atoms with Crippen LogP contribution in [0.2, 0.25) is 0 Å². The molecule has 1 aromatic carbocycles. The number of ether oxygens (including phenoxy) is 2. The molecule has 6 heteroatoms. The fourth-order valence-electron chi connectivity index (χ4n) is 1.64. The second-order valence-corrected chi connectivity index (χ2v) is 4.88. The number of rotatable bonds is 7. The Labute approximate surface area is 129 Å². The smallest absolute Gasteiger partial charge is 0.338 e. The van der Waals surface area contributed by atoms with Gasteiger partial charge in [-0.2, -0.15) is 0 Å². The second-order valence-electron chi connectivity index (χ2n) is 4.88. The van der Waals surface area contributed by atoms with Crippen LogP contribution in [0.4, 0.5) is 5.69 Å². The van der Waals surface area contributed by atoms with Crippen LogP contribution >= 0.6 is 0 Å². The van der Waals surface area contributed by atoms with Crippen LogP contribution in [0, 0.1) is 0 Å². The number of benzene rings is 1. The highest BCUT2D eigenvalue weighted by atomic mass is 16.5. The van der Waals surface area contributed by atoms with Gasteiger partial charge >= 0.3 is 11.9 Å². The average Bonchev–Trinajstić information content (AvgIpc) is 2.45. The molecule has 0 saturated carbocycles. The van der Waals surface area contributed by atoms with Crippen LogP contribution in [0.15, 0.2) is 24.3 Å². The minimum absolute atomic E-state index is 0.0402. The van der Waals surface area contributed by atoms with Gasteiger partial charge in [0.1, 0.15) is 0 Å². The quantitative estimate of drug-likeness (QED) is 0.783. The predicted octanol–water partition coefficient (Wildman–Crippen LogP) is 2.53. The van der Waals surface area contributed by atoms with E-state index in [2.05, 4.69) is 5.32 Å². The maximum Gasteiger partial charge on any atom is 0.338 e. The molecule has 1 amide bonds. The van der Waals surface area contributed by atoms with Crippen LogP contribution in [0.3, 0.4) is 0 Å². The third-order valence-corrected chi connectivity index (χ3v) is 2.61. The van der Waals surface area contributed by atoms with Gasteiger partial charge in [-0.1, -0.05) is 0 Å². The van der Waals surface area contributed by atoms with Crippen LogP contribution < -0.4 is 5.32 Å². The summed E-state index contributed by atoms with van der Waals surface area (Å²) in [5.74, 6) is -1.09. The second kappa shape index (κ2) is 8.81. The van der Waals surface area contributed by atoms with Gasteiger partial charge in [0, 0.05) is 12.1 Å². The zero-order chi connectivity index (χ0) is 16.5. The topological polar surface area (TPSA) is 81.7 Å². The molecule has 0 saturated heterocycles. The van der Waals surface area contributed by atoms with Crippen molar-refractivity contribution >= 4 is 23.5 Å². The number of carbonyl (C=O) groups is 3. The van der Waals surface area contributed by atoms with Crippen molar-refractivity contribution in [3.8, 4) is 0 Å². The van der Waals surface area contributed by atoms with Gasteiger partial charge in [-0.3, -0.25) is 9.59 Å². The average molecular weight is 307 g/mol. The molecular formula is C16H21NO5. The number of esters is 2. The van der Waals surface area contributed by atoms with Crippen LogP contribution in [-0.2, 0) is 19.1 Å². The zero-order valence-corrected chi connectivity index (χ0v) is 13.0. The van der Waals surface area contributed by atoms with Gasteiger partial charge in [0.15, 0.2) is 0 Å². The van der Waals surface area contributed by atoms with E-state index < -0.39 is 11.9 Å². The molecule has 0 fully saturated rings. The van der Waals surface area contributed by atoms with Crippen molar-refractivity contribution in [3.05, 3.63) is 29.8 Å². The molecule has 0 atom stereocenters. The SMILES string of the molecule is CCOC(=O)CCC(=O)Nc1ccc(C(=O)OC(C)C)cc1. The van der Waals surface area contributed by atoms with Gasteiger partial charge in [0.25, 0.3) is 0 Å². The Morgan fingerprint density at radius 1 is 1.09 bits per heavy atom. The van der Waals surface area contributed by atoms with E-state index in [4.69, 9.17) is 9.47 Å². The van der Waals surface area contributed by atoms with E-state index in [0.29, 0.717) is 17.9 Å². The highest BCUT2D eigenvalue weighted by Crippen LogP contribution is 2.12. The first-order valence-electron chi connectivity index (χ1n) is 7.19. The number of hydrogen-bond acceptors (Lipinski definition) is 5. The lowest BCUT2D eigenvalue weighted by Gasteiger charge is -2.09. The molecular weight excluding hydrogens is 286 g/mol. The van der Waals surface area contributed by atoms with Crippen molar-refractivity contribution in [1.82, 2.24) is 0 Å². The van der Waals surface area contributed by atoms with Crippen LogP contribution in [-0.4, -0.2) is 30.6 Å². The van der Waals surface area contributed by atoms with Crippen LogP contribution in [0.1, 0.15) is 44.0 Å². The van der Waals surface area contributed by atoms with Crippen molar-refractivity contribution < 1.29 is 23.9 Å². The Hall–Kier alpha value is -2.37. The molecule has 120 valence electrons. The van der Waals surface area contributed by atoms with E-state index in [-0.39, 0.29) is 24.9 Å². The molecule has 0 bridgehead atoms. The highest BCUT2D eigenvalue weighted by Gasteiger charge is 2.10. The number of anilines is 1. The Kier molecular flexibility index (Phi) is 7.08. The third kappa shape index (κ3) is 6.39. The van der Waals surface area contributed by atoms with E-state index in [1.165, 1.54) is 0 Å². The van der Waals surface area contributed by atoms with E-state index in [1.54, 1.807) is 45.0 Å². The lowest BCUT2D eigenvalue weighted by atomic mass is 10.2. The van der Waals surface area contributed by atoms with Gasteiger partial charge in [-0.05, 0) is 45.0 Å². The van der Waals surface area contributed by atoms with Gasteiger partial charge < -0.3 is 14.8 Å². The summed E-state index contributed by atoms with van der Waals surface area (Å²) in [5.41, 5.74) is 0.966. The molecule has 0 radical (unpaired) electrons. The van der Waals surface area contributed by atoms with Crippen molar-refractivity contribution in [1.29, 1.82) is 0 Å². The summed E-state index contributed by atoms with van der Waals surface area (Å²) >= 11 is 0. The number of amides is 1. The molecule has 22 heavy (non-hydrogen) atoms. The number of hydrogen-bond donors (Lipinski definition) is 1. The zero-order valence-electron chi connectivity index (χ0n) is 13.0. The summed E-state index contributed by atoms with van der Waals surface area (Å²) in [6.45, 7) is 5.56. The summed E-state index contributed by atoms with van der Waals surface area (Å²) in [4.78, 5) is 34.5. The molecule has 0 aliphatic heterocycles. The summed E-state index contributed by atoms with van der Waals surface area (Å²) in [6.07, 6.45) is -0.0937.